The zero-order valence-electron chi connectivity index (χ0n) is 19.6. The maximum atomic E-state index is 13.7. The van der Waals surface area contributed by atoms with Crippen LogP contribution in [0.3, 0.4) is 0 Å². The number of halogens is 1. The molecule has 0 N–H and O–H groups in total. The summed E-state index contributed by atoms with van der Waals surface area (Å²) in [7, 11) is 0. The Morgan fingerprint density at radius 2 is 1.03 bits per heavy atom. The van der Waals surface area contributed by atoms with E-state index in [-0.39, 0.29) is 22.8 Å². The molecular weight excluding hydrogens is 475 g/mol. The van der Waals surface area contributed by atoms with E-state index in [1.165, 1.54) is 41.2 Å². The van der Waals surface area contributed by atoms with E-state index >= 15 is 0 Å². The molecule has 5 rings (SSSR count). The summed E-state index contributed by atoms with van der Waals surface area (Å²) >= 11 is 2.85. The van der Waals surface area contributed by atoms with Crippen LogP contribution in [0, 0.1) is 5.82 Å². The van der Waals surface area contributed by atoms with Crippen LogP contribution in [-0.4, -0.2) is 11.6 Å². The third kappa shape index (κ3) is 4.58. The second-order valence-electron chi connectivity index (χ2n) is 9.45. The molecule has 0 bridgehead atoms. The first kappa shape index (κ1) is 23.6. The first-order chi connectivity index (χ1) is 16.7. The highest BCUT2D eigenvalue weighted by Crippen LogP contribution is 2.41. The van der Waals surface area contributed by atoms with E-state index < -0.39 is 0 Å². The predicted octanol–water partition coefficient (Wildman–Crippen LogP) is 8.20. The van der Waals surface area contributed by atoms with Crippen molar-refractivity contribution in [3.63, 3.8) is 0 Å². The SMILES string of the molecule is CC(C)(C)c1ccc(Sc2cccc3c2C(=O)c2cccc(Sc4ccc(F)cc4)c2C3=O)cc1. The number of ketones is 2. The van der Waals surface area contributed by atoms with Gasteiger partial charge >= 0.3 is 0 Å². The van der Waals surface area contributed by atoms with Gasteiger partial charge in [0.15, 0.2) is 11.6 Å². The fourth-order valence-electron chi connectivity index (χ4n) is 4.13. The van der Waals surface area contributed by atoms with Gasteiger partial charge in [-0.1, -0.05) is 80.7 Å². The molecule has 0 saturated heterocycles. The van der Waals surface area contributed by atoms with E-state index in [0.717, 1.165) is 14.7 Å². The fourth-order valence-corrected chi connectivity index (χ4v) is 6.08. The van der Waals surface area contributed by atoms with E-state index in [0.29, 0.717) is 27.1 Å². The quantitative estimate of drug-likeness (QED) is 0.250. The molecule has 4 aromatic carbocycles. The maximum absolute atomic E-state index is 13.7. The number of hydrogen-bond donors (Lipinski definition) is 0. The number of carbonyl (C=O) groups excluding carboxylic acids is 2. The average molecular weight is 499 g/mol. The van der Waals surface area contributed by atoms with Crippen LogP contribution in [0.5, 0.6) is 0 Å². The molecule has 0 aromatic heterocycles. The van der Waals surface area contributed by atoms with Crippen molar-refractivity contribution in [2.75, 3.05) is 0 Å². The van der Waals surface area contributed by atoms with Gasteiger partial charge in [-0.15, -0.1) is 0 Å². The molecular formula is C30H23FO2S2. The molecule has 5 heteroatoms. The van der Waals surface area contributed by atoms with Crippen molar-refractivity contribution in [3.8, 4) is 0 Å². The lowest BCUT2D eigenvalue weighted by Crippen LogP contribution is -2.22. The molecule has 0 fully saturated rings. The van der Waals surface area contributed by atoms with Crippen LogP contribution in [0.15, 0.2) is 105 Å². The second-order valence-corrected chi connectivity index (χ2v) is 11.7. The highest BCUT2D eigenvalue weighted by Gasteiger charge is 2.33. The number of fused-ring (bicyclic) bond motifs is 2. The third-order valence-electron chi connectivity index (χ3n) is 5.99. The Balaban J connectivity index is 1.51. The standard InChI is InChI=1S/C30H23FO2S2/c1-30(2,3)18-10-14-20(15-11-18)34-24-8-4-6-22-26(24)28(32)23-7-5-9-25(27(23)29(22)33)35-21-16-12-19(31)13-17-21/h4-17H,1-3H3. The van der Waals surface area contributed by atoms with Crippen LogP contribution in [0.25, 0.3) is 0 Å². The Hall–Kier alpha value is -3.15. The summed E-state index contributed by atoms with van der Waals surface area (Å²) in [5.74, 6) is -0.626. The first-order valence-corrected chi connectivity index (χ1v) is 12.9. The van der Waals surface area contributed by atoms with Gasteiger partial charge in [-0.25, -0.2) is 4.39 Å². The van der Waals surface area contributed by atoms with Crippen LogP contribution in [-0.2, 0) is 5.41 Å². The van der Waals surface area contributed by atoms with Gasteiger partial charge in [-0.3, -0.25) is 9.59 Å². The molecule has 4 aromatic rings. The van der Waals surface area contributed by atoms with Gasteiger partial charge in [0.05, 0.1) is 0 Å². The third-order valence-corrected chi connectivity index (χ3v) is 8.12. The normalized spacial score (nSPS) is 12.9. The maximum Gasteiger partial charge on any atom is 0.195 e. The summed E-state index contributed by atoms with van der Waals surface area (Å²) in [5, 5.41) is 0. The van der Waals surface area contributed by atoms with Crippen LogP contribution in [0.2, 0.25) is 0 Å². The lowest BCUT2D eigenvalue weighted by Gasteiger charge is -2.22. The lowest BCUT2D eigenvalue weighted by atomic mass is 9.84. The fraction of sp³-hybridized carbons (Fsp3) is 0.133. The van der Waals surface area contributed by atoms with Crippen molar-refractivity contribution < 1.29 is 14.0 Å². The summed E-state index contributed by atoms with van der Waals surface area (Å²) in [6.07, 6.45) is 0. The zero-order chi connectivity index (χ0) is 24.7. The number of rotatable bonds is 4. The van der Waals surface area contributed by atoms with Gasteiger partial charge in [-0.05, 0) is 59.5 Å². The van der Waals surface area contributed by atoms with Crippen LogP contribution >= 0.6 is 23.5 Å². The summed E-state index contributed by atoms with van der Waals surface area (Å²) in [6.45, 7) is 6.52. The van der Waals surface area contributed by atoms with E-state index in [2.05, 4.69) is 45.0 Å². The summed E-state index contributed by atoms with van der Waals surface area (Å²) < 4.78 is 13.3. The predicted molar refractivity (Wildman–Crippen MR) is 140 cm³/mol. The zero-order valence-corrected chi connectivity index (χ0v) is 21.2. The molecule has 0 aliphatic heterocycles. The van der Waals surface area contributed by atoms with Crippen molar-refractivity contribution in [1.82, 2.24) is 0 Å². The molecule has 0 atom stereocenters. The molecule has 0 heterocycles. The number of carbonyl (C=O) groups is 2. The topological polar surface area (TPSA) is 34.1 Å². The van der Waals surface area contributed by atoms with E-state index in [1.807, 2.05) is 18.2 Å². The Morgan fingerprint density at radius 3 is 1.46 bits per heavy atom. The molecule has 1 aliphatic carbocycles. The highest BCUT2D eigenvalue weighted by atomic mass is 32.2. The minimum absolute atomic E-state index is 0.0604. The molecule has 0 amide bonds. The lowest BCUT2D eigenvalue weighted by molar-refractivity contribution is 0.0974. The van der Waals surface area contributed by atoms with Crippen molar-refractivity contribution in [2.45, 2.75) is 45.8 Å². The Bertz CT molecular complexity index is 1450. The van der Waals surface area contributed by atoms with Gasteiger partial charge in [-0.2, -0.15) is 0 Å². The minimum Gasteiger partial charge on any atom is -0.289 e. The largest absolute Gasteiger partial charge is 0.289 e. The summed E-state index contributed by atoms with van der Waals surface area (Å²) in [4.78, 5) is 30.6. The van der Waals surface area contributed by atoms with Gasteiger partial charge in [0, 0.05) is 41.8 Å². The minimum atomic E-state index is -0.317. The monoisotopic (exact) mass is 498 g/mol. The van der Waals surface area contributed by atoms with Crippen molar-refractivity contribution in [3.05, 3.63) is 119 Å². The molecule has 2 nitrogen and oxygen atoms in total. The molecule has 0 radical (unpaired) electrons. The molecule has 1 aliphatic rings. The van der Waals surface area contributed by atoms with E-state index in [4.69, 9.17) is 0 Å². The molecule has 35 heavy (non-hydrogen) atoms. The Morgan fingerprint density at radius 1 is 0.600 bits per heavy atom. The van der Waals surface area contributed by atoms with Gasteiger partial charge < -0.3 is 0 Å². The van der Waals surface area contributed by atoms with Crippen molar-refractivity contribution in [2.24, 2.45) is 0 Å². The molecule has 174 valence electrons. The first-order valence-electron chi connectivity index (χ1n) is 11.3. The van der Waals surface area contributed by atoms with E-state index in [1.54, 1.807) is 30.3 Å². The molecule has 0 unspecified atom stereocenters. The Kier molecular flexibility index (Phi) is 6.16. The van der Waals surface area contributed by atoms with Crippen LogP contribution < -0.4 is 0 Å². The van der Waals surface area contributed by atoms with Gasteiger partial charge in [0.2, 0.25) is 0 Å². The summed E-state index contributed by atoms with van der Waals surface area (Å²) in [6, 6.07) is 25.2. The van der Waals surface area contributed by atoms with Gasteiger partial charge in [0.25, 0.3) is 0 Å². The van der Waals surface area contributed by atoms with Crippen molar-refractivity contribution >= 4 is 35.1 Å². The van der Waals surface area contributed by atoms with Crippen molar-refractivity contribution in [1.29, 1.82) is 0 Å². The number of hydrogen-bond acceptors (Lipinski definition) is 4. The van der Waals surface area contributed by atoms with Crippen LogP contribution in [0.1, 0.15) is 58.2 Å². The summed E-state index contributed by atoms with van der Waals surface area (Å²) in [5.41, 5.74) is 3.00. The number of benzene rings is 4. The van der Waals surface area contributed by atoms with E-state index in [9.17, 15) is 14.0 Å². The van der Waals surface area contributed by atoms with Gasteiger partial charge in [0.1, 0.15) is 5.82 Å². The second kappa shape index (κ2) is 9.14. The molecule has 0 saturated carbocycles. The smallest absolute Gasteiger partial charge is 0.195 e. The Labute approximate surface area is 213 Å². The highest BCUT2D eigenvalue weighted by molar-refractivity contribution is 7.99. The molecule has 0 spiro atoms. The van der Waals surface area contributed by atoms with Crippen LogP contribution in [0.4, 0.5) is 4.39 Å². The average Bonchev–Trinajstić information content (AvgIpc) is 2.83.